The third-order valence-corrected chi connectivity index (χ3v) is 3.00. The minimum atomic E-state index is -0.325. The predicted octanol–water partition coefficient (Wildman–Crippen LogP) is 3.03. The monoisotopic (exact) mass is 196 g/mol. The Hall–Kier alpha value is -0.530. The molecule has 3 atom stereocenters. The molecule has 1 aliphatic carbocycles. The molecule has 1 N–H and O–H groups in total. The highest BCUT2D eigenvalue weighted by Gasteiger charge is 2.39. The van der Waals surface area contributed by atoms with Crippen LogP contribution in [0.1, 0.15) is 25.0 Å². The summed E-state index contributed by atoms with van der Waals surface area (Å²) in [4.78, 5) is 0. The zero-order valence-electron chi connectivity index (χ0n) is 7.57. The highest BCUT2D eigenvalue weighted by molar-refractivity contribution is 6.30. The van der Waals surface area contributed by atoms with Crippen molar-refractivity contribution in [3.8, 4) is 0 Å². The molecule has 0 spiro atoms. The molecule has 1 aromatic carbocycles. The number of hydrogen-bond acceptors (Lipinski definition) is 1. The minimum absolute atomic E-state index is 0.325. The average molecular weight is 197 g/mol. The van der Waals surface area contributed by atoms with Gasteiger partial charge in [0.25, 0.3) is 0 Å². The first-order valence-electron chi connectivity index (χ1n) is 4.62. The summed E-state index contributed by atoms with van der Waals surface area (Å²) >= 11 is 5.84. The third kappa shape index (κ3) is 1.87. The summed E-state index contributed by atoms with van der Waals surface area (Å²) in [6, 6.07) is 7.49. The first-order valence-corrected chi connectivity index (χ1v) is 5.00. The van der Waals surface area contributed by atoms with E-state index >= 15 is 0 Å². The second-order valence-electron chi connectivity index (χ2n) is 3.88. The molecule has 0 saturated heterocycles. The van der Waals surface area contributed by atoms with E-state index in [1.807, 2.05) is 24.3 Å². The summed E-state index contributed by atoms with van der Waals surface area (Å²) in [6.45, 7) is 2.17. The lowest BCUT2D eigenvalue weighted by Crippen LogP contribution is -2.00. The minimum Gasteiger partial charge on any atom is -0.388 e. The molecule has 0 radical (unpaired) electrons. The smallest absolute Gasteiger partial charge is 0.0821 e. The van der Waals surface area contributed by atoms with Crippen LogP contribution in [-0.2, 0) is 0 Å². The average Bonchev–Trinajstić information content (AvgIpc) is 2.81. The number of halogens is 1. The van der Waals surface area contributed by atoms with E-state index in [0.717, 1.165) is 12.0 Å². The van der Waals surface area contributed by atoms with Gasteiger partial charge in [-0.2, -0.15) is 0 Å². The van der Waals surface area contributed by atoms with Crippen LogP contribution in [0, 0.1) is 11.8 Å². The van der Waals surface area contributed by atoms with Gasteiger partial charge in [0.05, 0.1) is 6.10 Å². The van der Waals surface area contributed by atoms with Crippen molar-refractivity contribution in [1.29, 1.82) is 0 Å². The molecule has 0 amide bonds. The molecule has 3 unspecified atom stereocenters. The van der Waals surface area contributed by atoms with Gasteiger partial charge in [0.2, 0.25) is 0 Å². The Kier molecular flexibility index (Phi) is 2.31. The Morgan fingerprint density at radius 2 is 2.23 bits per heavy atom. The van der Waals surface area contributed by atoms with Crippen LogP contribution in [0.2, 0.25) is 5.02 Å². The molecule has 13 heavy (non-hydrogen) atoms. The van der Waals surface area contributed by atoms with Crippen molar-refractivity contribution in [3.05, 3.63) is 34.9 Å². The van der Waals surface area contributed by atoms with E-state index in [2.05, 4.69) is 6.92 Å². The molecule has 1 fully saturated rings. The Labute approximate surface area is 83.3 Å². The van der Waals surface area contributed by atoms with Crippen LogP contribution in [0.5, 0.6) is 0 Å². The van der Waals surface area contributed by atoms with Gasteiger partial charge in [-0.1, -0.05) is 30.7 Å². The van der Waals surface area contributed by atoms with E-state index in [4.69, 9.17) is 11.6 Å². The molecule has 0 aromatic heterocycles. The van der Waals surface area contributed by atoms with E-state index < -0.39 is 0 Å². The fraction of sp³-hybridized carbons (Fsp3) is 0.455. The van der Waals surface area contributed by atoms with Crippen LogP contribution in [-0.4, -0.2) is 5.11 Å². The topological polar surface area (TPSA) is 20.2 Å². The van der Waals surface area contributed by atoms with Gasteiger partial charge in [-0.05, 0) is 36.0 Å². The van der Waals surface area contributed by atoms with E-state index in [-0.39, 0.29) is 6.10 Å². The van der Waals surface area contributed by atoms with Crippen LogP contribution < -0.4 is 0 Å². The maximum atomic E-state index is 9.90. The van der Waals surface area contributed by atoms with Crippen molar-refractivity contribution < 1.29 is 5.11 Å². The molecular weight excluding hydrogens is 184 g/mol. The van der Waals surface area contributed by atoms with E-state index in [0.29, 0.717) is 16.9 Å². The molecule has 1 nitrogen and oxygen atoms in total. The molecule has 1 saturated carbocycles. The van der Waals surface area contributed by atoms with E-state index in [9.17, 15) is 5.11 Å². The lowest BCUT2D eigenvalue weighted by atomic mass is 10.0. The van der Waals surface area contributed by atoms with Gasteiger partial charge in [0, 0.05) is 5.02 Å². The fourth-order valence-corrected chi connectivity index (χ4v) is 1.93. The molecular formula is C11H13ClO. The Morgan fingerprint density at radius 3 is 2.77 bits per heavy atom. The summed E-state index contributed by atoms with van der Waals surface area (Å²) in [5.41, 5.74) is 0.946. The lowest BCUT2D eigenvalue weighted by molar-refractivity contribution is 0.148. The van der Waals surface area contributed by atoms with Crippen LogP contribution in [0.3, 0.4) is 0 Å². The van der Waals surface area contributed by atoms with Gasteiger partial charge in [0.15, 0.2) is 0 Å². The summed E-state index contributed by atoms with van der Waals surface area (Å²) < 4.78 is 0. The van der Waals surface area contributed by atoms with Gasteiger partial charge in [0.1, 0.15) is 0 Å². The van der Waals surface area contributed by atoms with Gasteiger partial charge >= 0.3 is 0 Å². The molecule has 2 heteroatoms. The van der Waals surface area contributed by atoms with Crippen LogP contribution in [0.15, 0.2) is 24.3 Å². The summed E-state index contributed by atoms with van der Waals surface area (Å²) in [5, 5.41) is 10.6. The first-order chi connectivity index (χ1) is 6.18. The summed E-state index contributed by atoms with van der Waals surface area (Å²) in [7, 11) is 0. The van der Waals surface area contributed by atoms with Crippen molar-refractivity contribution in [2.45, 2.75) is 19.4 Å². The normalized spacial score (nSPS) is 28.5. The predicted molar refractivity (Wildman–Crippen MR) is 53.7 cm³/mol. The molecule has 2 rings (SSSR count). The van der Waals surface area contributed by atoms with Crippen LogP contribution >= 0.6 is 11.6 Å². The van der Waals surface area contributed by atoms with Crippen molar-refractivity contribution in [2.24, 2.45) is 11.8 Å². The number of aliphatic hydroxyl groups excluding tert-OH is 1. The van der Waals surface area contributed by atoms with E-state index in [1.165, 1.54) is 0 Å². The Balaban J connectivity index is 2.15. The van der Waals surface area contributed by atoms with Crippen molar-refractivity contribution >= 4 is 11.6 Å². The highest BCUT2D eigenvalue weighted by atomic mass is 35.5. The molecule has 0 aliphatic heterocycles. The zero-order chi connectivity index (χ0) is 9.42. The summed E-state index contributed by atoms with van der Waals surface area (Å²) in [5.74, 6) is 1.10. The molecule has 1 aliphatic rings. The second-order valence-corrected chi connectivity index (χ2v) is 4.31. The number of benzene rings is 1. The zero-order valence-corrected chi connectivity index (χ0v) is 8.33. The number of aliphatic hydroxyl groups is 1. The van der Waals surface area contributed by atoms with Crippen LogP contribution in [0.4, 0.5) is 0 Å². The number of rotatable bonds is 2. The van der Waals surface area contributed by atoms with Crippen molar-refractivity contribution in [2.75, 3.05) is 0 Å². The van der Waals surface area contributed by atoms with Gasteiger partial charge in [-0.15, -0.1) is 0 Å². The standard InChI is InChI=1S/C11H13ClO/c1-7-5-10(7)11(13)8-3-2-4-9(12)6-8/h2-4,6-7,10-11,13H,5H2,1H3. The Bertz CT molecular complexity index is 311. The van der Waals surface area contributed by atoms with Crippen LogP contribution in [0.25, 0.3) is 0 Å². The van der Waals surface area contributed by atoms with Gasteiger partial charge < -0.3 is 5.11 Å². The molecule has 1 aromatic rings. The maximum absolute atomic E-state index is 9.90. The largest absolute Gasteiger partial charge is 0.388 e. The molecule has 0 heterocycles. The Morgan fingerprint density at radius 1 is 1.54 bits per heavy atom. The van der Waals surface area contributed by atoms with Gasteiger partial charge in [-0.25, -0.2) is 0 Å². The van der Waals surface area contributed by atoms with Crippen molar-refractivity contribution in [3.63, 3.8) is 0 Å². The lowest BCUT2D eigenvalue weighted by Gasteiger charge is -2.09. The third-order valence-electron chi connectivity index (χ3n) is 2.77. The quantitative estimate of drug-likeness (QED) is 0.771. The SMILES string of the molecule is CC1CC1C(O)c1cccc(Cl)c1. The number of hydrogen-bond donors (Lipinski definition) is 1. The molecule has 70 valence electrons. The molecule has 0 bridgehead atoms. The van der Waals surface area contributed by atoms with E-state index in [1.54, 1.807) is 0 Å². The summed E-state index contributed by atoms with van der Waals surface area (Å²) in [6.07, 6.45) is 0.807. The van der Waals surface area contributed by atoms with Crippen molar-refractivity contribution in [1.82, 2.24) is 0 Å². The second kappa shape index (κ2) is 3.32. The first kappa shape index (κ1) is 9.04. The highest BCUT2D eigenvalue weighted by Crippen LogP contribution is 2.46. The van der Waals surface area contributed by atoms with Gasteiger partial charge in [-0.3, -0.25) is 0 Å². The maximum Gasteiger partial charge on any atom is 0.0821 e. The fourth-order valence-electron chi connectivity index (χ4n) is 1.73.